The zero-order valence-corrected chi connectivity index (χ0v) is 6.30. The van der Waals surface area contributed by atoms with Crippen molar-refractivity contribution in [1.82, 2.24) is 0 Å². The van der Waals surface area contributed by atoms with E-state index in [1.807, 2.05) is 0 Å². The van der Waals surface area contributed by atoms with Gasteiger partial charge in [0.15, 0.2) is 18.0 Å². The van der Waals surface area contributed by atoms with Gasteiger partial charge in [-0.25, -0.2) is 4.79 Å². The van der Waals surface area contributed by atoms with Gasteiger partial charge < -0.3 is 25.8 Å². The normalized spacial score (nSPS) is 24.4. The molecule has 1 heterocycles. The summed E-state index contributed by atoms with van der Waals surface area (Å²) in [5.74, 6) is -4.29. The van der Waals surface area contributed by atoms with Crippen LogP contribution in [0, 0.1) is 0 Å². The van der Waals surface area contributed by atoms with Crippen molar-refractivity contribution in [3.63, 3.8) is 0 Å². The highest BCUT2D eigenvalue weighted by molar-refractivity contribution is 5.90. The van der Waals surface area contributed by atoms with Gasteiger partial charge in [0.1, 0.15) is 0 Å². The lowest BCUT2D eigenvalue weighted by Gasteiger charge is -2.13. The predicted molar refractivity (Wildman–Crippen MR) is 37.4 cm³/mol. The van der Waals surface area contributed by atoms with Gasteiger partial charge in [-0.1, -0.05) is 0 Å². The van der Waals surface area contributed by atoms with E-state index >= 15 is 0 Å². The Hall–Kier alpha value is -1.76. The number of ether oxygens (including phenoxy) is 1. The highest BCUT2D eigenvalue weighted by Gasteiger charge is 2.41. The fourth-order valence-electron chi connectivity index (χ4n) is 0.829. The molecule has 0 aromatic heterocycles. The van der Waals surface area contributed by atoms with Crippen LogP contribution < -0.4 is 5.73 Å². The number of primary amides is 1. The maximum atomic E-state index is 10.6. The molecule has 13 heavy (non-hydrogen) atoms. The number of hydrogen-bond donors (Lipinski definition) is 4. The Bertz CT molecular complexity index is 295. The smallest absolute Gasteiger partial charge is 0.378 e. The van der Waals surface area contributed by atoms with E-state index in [1.165, 1.54) is 0 Å². The van der Waals surface area contributed by atoms with E-state index in [9.17, 15) is 9.59 Å². The van der Waals surface area contributed by atoms with Gasteiger partial charge in [0.05, 0.1) is 0 Å². The SMILES string of the molecule is NC(=O)[C@H](O)[C@H]1OC(=O)C(O)=C1O. The first-order valence-corrected chi connectivity index (χ1v) is 3.25. The van der Waals surface area contributed by atoms with Crippen molar-refractivity contribution in [2.75, 3.05) is 0 Å². The molecule has 2 atom stereocenters. The third kappa shape index (κ3) is 1.41. The van der Waals surface area contributed by atoms with Crippen LogP contribution in [0.25, 0.3) is 0 Å². The van der Waals surface area contributed by atoms with Crippen LogP contribution >= 0.6 is 0 Å². The predicted octanol–water partition coefficient (Wildman–Crippen LogP) is -1.91. The van der Waals surface area contributed by atoms with E-state index in [-0.39, 0.29) is 0 Å². The largest absolute Gasteiger partial charge is 0.505 e. The van der Waals surface area contributed by atoms with Gasteiger partial charge in [-0.05, 0) is 0 Å². The monoisotopic (exact) mass is 189 g/mol. The molecule has 0 bridgehead atoms. The van der Waals surface area contributed by atoms with E-state index < -0.39 is 35.6 Å². The third-order valence-electron chi connectivity index (χ3n) is 1.52. The second-order valence-electron chi connectivity index (χ2n) is 2.41. The van der Waals surface area contributed by atoms with Crippen molar-refractivity contribution in [1.29, 1.82) is 0 Å². The highest BCUT2D eigenvalue weighted by Crippen LogP contribution is 2.20. The lowest BCUT2D eigenvalue weighted by molar-refractivity contribution is -0.150. The number of cyclic esters (lactones) is 1. The summed E-state index contributed by atoms with van der Waals surface area (Å²) in [6, 6.07) is 0. The zero-order valence-electron chi connectivity index (χ0n) is 6.30. The summed E-state index contributed by atoms with van der Waals surface area (Å²) < 4.78 is 4.25. The van der Waals surface area contributed by atoms with Crippen LogP contribution in [0.3, 0.4) is 0 Å². The van der Waals surface area contributed by atoms with Crippen molar-refractivity contribution in [3.8, 4) is 0 Å². The summed E-state index contributed by atoms with van der Waals surface area (Å²) in [6.45, 7) is 0. The summed E-state index contributed by atoms with van der Waals surface area (Å²) in [4.78, 5) is 21.0. The summed E-state index contributed by atoms with van der Waals surface area (Å²) in [6.07, 6.45) is -3.47. The van der Waals surface area contributed by atoms with E-state index in [0.717, 1.165) is 0 Å². The average molecular weight is 189 g/mol. The molecule has 72 valence electrons. The Morgan fingerprint density at radius 2 is 2.08 bits per heavy atom. The van der Waals surface area contributed by atoms with Gasteiger partial charge in [-0.3, -0.25) is 4.79 Å². The first-order chi connectivity index (χ1) is 5.95. The maximum absolute atomic E-state index is 10.6. The first kappa shape index (κ1) is 9.33. The minimum Gasteiger partial charge on any atom is -0.505 e. The van der Waals surface area contributed by atoms with Crippen molar-refractivity contribution in [3.05, 3.63) is 11.5 Å². The van der Waals surface area contributed by atoms with Gasteiger partial charge in [0.25, 0.3) is 5.91 Å². The van der Waals surface area contributed by atoms with Gasteiger partial charge in [0, 0.05) is 0 Å². The highest BCUT2D eigenvalue weighted by atomic mass is 16.6. The summed E-state index contributed by atoms with van der Waals surface area (Å²) in [5, 5.41) is 26.7. The van der Waals surface area contributed by atoms with Crippen LogP contribution in [-0.2, 0) is 14.3 Å². The van der Waals surface area contributed by atoms with E-state index in [4.69, 9.17) is 15.3 Å². The Labute approximate surface area is 72.0 Å². The quantitative estimate of drug-likeness (QED) is 0.375. The van der Waals surface area contributed by atoms with Crippen molar-refractivity contribution < 1.29 is 29.6 Å². The van der Waals surface area contributed by atoms with Crippen LogP contribution in [0.1, 0.15) is 0 Å². The number of aliphatic hydroxyl groups is 3. The van der Waals surface area contributed by atoms with Gasteiger partial charge in [-0.2, -0.15) is 0 Å². The fraction of sp³-hybridized carbons (Fsp3) is 0.333. The topological polar surface area (TPSA) is 130 Å². The number of rotatable bonds is 2. The third-order valence-corrected chi connectivity index (χ3v) is 1.52. The lowest BCUT2D eigenvalue weighted by Crippen LogP contribution is -2.40. The van der Waals surface area contributed by atoms with Crippen molar-refractivity contribution in [2.45, 2.75) is 12.2 Å². The molecule has 0 saturated heterocycles. The van der Waals surface area contributed by atoms with Crippen molar-refractivity contribution in [2.24, 2.45) is 5.73 Å². The second kappa shape index (κ2) is 2.94. The molecule has 5 N–H and O–H groups in total. The van der Waals surface area contributed by atoms with Crippen LogP contribution in [0.2, 0.25) is 0 Å². The molecule has 0 aromatic rings. The van der Waals surface area contributed by atoms with E-state index in [1.54, 1.807) is 0 Å². The summed E-state index contributed by atoms with van der Waals surface area (Å²) in [5.41, 5.74) is 4.67. The number of hydrogen-bond acceptors (Lipinski definition) is 6. The number of carbonyl (C=O) groups is 2. The number of esters is 1. The standard InChI is InChI=1S/C6H7NO6/c7-5(11)3(10)4-1(8)2(9)6(12)13-4/h3-4,8-10H,(H2,7,11)/t3-,4+/m1/s1. The Balaban J connectivity index is 2.88. The molecule has 1 amide bonds. The molecule has 1 aliphatic rings. The zero-order chi connectivity index (χ0) is 10.2. The number of aliphatic hydroxyl groups excluding tert-OH is 3. The molecule has 0 unspecified atom stereocenters. The Morgan fingerprint density at radius 1 is 1.54 bits per heavy atom. The molecule has 7 nitrogen and oxygen atoms in total. The maximum Gasteiger partial charge on any atom is 0.378 e. The molecule has 7 heteroatoms. The van der Waals surface area contributed by atoms with Crippen LogP contribution in [0.4, 0.5) is 0 Å². The molecule has 1 aliphatic heterocycles. The van der Waals surface area contributed by atoms with E-state index in [2.05, 4.69) is 10.5 Å². The van der Waals surface area contributed by atoms with Gasteiger partial charge in [-0.15, -0.1) is 0 Å². The molecular weight excluding hydrogens is 182 g/mol. The van der Waals surface area contributed by atoms with Crippen LogP contribution in [-0.4, -0.2) is 39.4 Å². The van der Waals surface area contributed by atoms with Gasteiger partial charge >= 0.3 is 5.97 Å². The Morgan fingerprint density at radius 3 is 2.38 bits per heavy atom. The molecule has 0 saturated carbocycles. The number of carbonyl (C=O) groups excluding carboxylic acids is 2. The molecule has 1 rings (SSSR count). The summed E-state index contributed by atoms with van der Waals surface area (Å²) in [7, 11) is 0. The van der Waals surface area contributed by atoms with Crippen LogP contribution in [0.5, 0.6) is 0 Å². The first-order valence-electron chi connectivity index (χ1n) is 3.25. The molecule has 0 spiro atoms. The lowest BCUT2D eigenvalue weighted by atomic mass is 10.1. The minimum atomic E-state index is -1.87. The minimum absolute atomic E-state index is 0.892. The average Bonchev–Trinajstić information content (AvgIpc) is 2.31. The molecule has 0 fully saturated rings. The fourth-order valence-corrected chi connectivity index (χ4v) is 0.829. The Kier molecular flexibility index (Phi) is 2.11. The molecule has 0 radical (unpaired) electrons. The van der Waals surface area contributed by atoms with Gasteiger partial charge in [0.2, 0.25) is 5.76 Å². The molecular formula is C6H7NO6. The van der Waals surface area contributed by atoms with Crippen molar-refractivity contribution >= 4 is 11.9 Å². The summed E-state index contributed by atoms with van der Waals surface area (Å²) >= 11 is 0. The second-order valence-corrected chi connectivity index (χ2v) is 2.41. The number of amides is 1. The molecule has 0 aromatic carbocycles. The van der Waals surface area contributed by atoms with E-state index in [0.29, 0.717) is 0 Å². The molecule has 0 aliphatic carbocycles. The van der Waals surface area contributed by atoms with Crippen LogP contribution in [0.15, 0.2) is 11.5 Å². The number of nitrogens with two attached hydrogens (primary N) is 1.